The predicted molar refractivity (Wildman–Crippen MR) is 32.8 cm³/mol. The fraction of sp³-hybridized carbons (Fsp3) is 0.500. The SMILES string of the molecule is Cc1[nH]cc[n+]1CCO.[Cl-]. The lowest BCUT2D eigenvalue weighted by atomic mass is 10.6. The van der Waals surface area contributed by atoms with Crippen LogP contribution in [0.2, 0.25) is 0 Å². The van der Waals surface area contributed by atoms with Gasteiger partial charge in [-0.1, -0.05) is 0 Å². The van der Waals surface area contributed by atoms with Crippen LogP contribution in [0, 0.1) is 6.92 Å². The number of halogens is 1. The molecule has 3 nitrogen and oxygen atoms in total. The number of nitrogens with one attached hydrogen (secondary N) is 1. The summed E-state index contributed by atoms with van der Waals surface area (Å²) in [6.07, 6.45) is 3.76. The number of aryl methyl sites for hydroxylation is 1. The molecule has 1 aromatic rings. The molecule has 4 heteroatoms. The average Bonchev–Trinajstić information content (AvgIpc) is 2.18. The van der Waals surface area contributed by atoms with E-state index < -0.39 is 0 Å². The van der Waals surface area contributed by atoms with Crippen LogP contribution in [0.3, 0.4) is 0 Å². The summed E-state index contributed by atoms with van der Waals surface area (Å²) < 4.78 is 1.96. The highest BCUT2D eigenvalue weighted by Gasteiger charge is 2.00. The van der Waals surface area contributed by atoms with Gasteiger partial charge < -0.3 is 17.5 Å². The molecular formula is C6H11ClN2O. The first-order valence-corrected chi connectivity index (χ1v) is 2.99. The van der Waals surface area contributed by atoms with E-state index in [-0.39, 0.29) is 19.0 Å². The second-order valence-electron chi connectivity index (χ2n) is 1.96. The minimum atomic E-state index is 0. The maximum Gasteiger partial charge on any atom is 0.251 e. The topological polar surface area (TPSA) is 39.9 Å². The molecule has 0 bridgehead atoms. The molecule has 0 aliphatic carbocycles. The van der Waals surface area contributed by atoms with Crippen molar-refractivity contribution in [1.82, 2.24) is 4.98 Å². The summed E-state index contributed by atoms with van der Waals surface area (Å²) in [5.41, 5.74) is 0. The molecule has 1 heterocycles. The first kappa shape index (κ1) is 9.46. The van der Waals surface area contributed by atoms with Crippen molar-refractivity contribution in [1.29, 1.82) is 0 Å². The van der Waals surface area contributed by atoms with Gasteiger partial charge in [0.05, 0.1) is 6.61 Å². The third-order valence-corrected chi connectivity index (χ3v) is 1.32. The summed E-state index contributed by atoms with van der Waals surface area (Å²) in [5, 5.41) is 8.53. The summed E-state index contributed by atoms with van der Waals surface area (Å²) in [7, 11) is 0. The van der Waals surface area contributed by atoms with Crippen LogP contribution in [0.15, 0.2) is 12.4 Å². The molecule has 0 amide bonds. The molecule has 0 radical (unpaired) electrons. The van der Waals surface area contributed by atoms with Crippen LogP contribution in [-0.4, -0.2) is 16.7 Å². The van der Waals surface area contributed by atoms with Crippen LogP contribution in [-0.2, 0) is 6.54 Å². The van der Waals surface area contributed by atoms with Gasteiger partial charge in [-0.25, -0.2) is 9.55 Å². The zero-order valence-corrected chi connectivity index (χ0v) is 6.60. The van der Waals surface area contributed by atoms with Gasteiger partial charge in [0.1, 0.15) is 18.9 Å². The molecule has 0 aliphatic heterocycles. The zero-order valence-electron chi connectivity index (χ0n) is 5.84. The lowest BCUT2D eigenvalue weighted by molar-refractivity contribution is -0.702. The first-order chi connectivity index (χ1) is 4.34. The van der Waals surface area contributed by atoms with Crippen LogP contribution >= 0.6 is 0 Å². The highest BCUT2D eigenvalue weighted by atomic mass is 35.5. The average molecular weight is 163 g/mol. The Kier molecular flexibility index (Phi) is 4.07. The molecule has 0 fully saturated rings. The number of aliphatic hydroxyl groups excluding tert-OH is 1. The van der Waals surface area contributed by atoms with Crippen LogP contribution in [0.4, 0.5) is 0 Å². The zero-order chi connectivity index (χ0) is 6.69. The van der Waals surface area contributed by atoms with E-state index in [2.05, 4.69) is 4.98 Å². The van der Waals surface area contributed by atoms with E-state index in [0.717, 1.165) is 5.82 Å². The summed E-state index contributed by atoms with van der Waals surface area (Å²) >= 11 is 0. The van der Waals surface area contributed by atoms with Crippen molar-refractivity contribution in [2.75, 3.05) is 6.61 Å². The molecule has 1 aromatic heterocycles. The normalized spacial score (nSPS) is 9.00. The van der Waals surface area contributed by atoms with Gasteiger partial charge in [0.15, 0.2) is 0 Å². The molecule has 2 N–H and O–H groups in total. The van der Waals surface area contributed by atoms with Gasteiger partial charge in [0, 0.05) is 6.92 Å². The van der Waals surface area contributed by atoms with Crippen molar-refractivity contribution < 1.29 is 22.1 Å². The van der Waals surface area contributed by atoms with Crippen molar-refractivity contribution in [3.63, 3.8) is 0 Å². The number of rotatable bonds is 2. The fourth-order valence-electron chi connectivity index (χ4n) is 0.793. The Labute approximate surface area is 66.1 Å². The summed E-state index contributed by atoms with van der Waals surface area (Å²) in [4.78, 5) is 3.01. The largest absolute Gasteiger partial charge is 1.00 e. The summed E-state index contributed by atoms with van der Waals surface area (Å²) in [6.45, 7) is 2.84. The Hall–Kier alpha value is -0.540. The van der Waals surface area contributed by atoms with Crippen molar-refractivity contribution in [2.24, 2.45) is 0 Å². The molecule has 0 aliphatic rings. The highest BCUT2D eigenvalue weighted by molar-refractivity contribution is 4.70. The van der Waals surface area contributed by atoms with E-state index >= 15 is 0 Å². The fourth-order valence-corrected chi connectivity index (χ4v) is 0.793. The third kappa shape index (κ3) is 2.01. The standard InChI is InChI=1S/C6H10N2O.ClH/c1-6-7-2-3-8(6)4-5-9;/h2-3,9H,4-5H2,1H3;1H. The number of hydrogen-bond donors (Lipinski definition) is 2. The van der Waals surface area contributed by atoms with Crippen LogP contribution in [0.1, 0.15) is 5.82 Å². The summed E-state index contributed by atoms with van der Waals surface area (Å²) in [5.74, 6) is 1.07. The van der Waals surface area contributed by atoms with Gasteiger partial charge in [0.2, 0.25) is 0 Å². The molecule has 1 rings (SSSR count). The van der Waals surface area contributed by atoms with E-state index in [9.17, 15) is 0 Å². The first-order valence-electron chi connectivity index (χ1n) is 2.99. The van der Waals surface area contributed by atoms with Gasteiger partial charge in [0.25, 0.3) is 5.82 Å². The maximum atomic E-state index is 8.53. The number of nitrogens with zero attached hydrogens (tertiary/aromatic N) is 1. The highest BCUT2D eigenvalue weighted by Crippen LogP contribution is 1.79. The molecule has 0 atom stereocenters. The third-order valence-electron chi connectivity index (χ3n) is 1.32. The molecule has 58 valence electrons. The number of H-pyrrole nitrogens is 1. The van der Waals surface area contributed by atoms with Crippen LogP contribution in [0.25, 0.3) is 0 Å². The summed E-state index contributed by atoms with van der Waals surface area (Å²) in [6, 6.07) is 0. The van der Waals surface area contributed by atoms with Gasteiger partial charge in [-0.15, -0.1) is 0 Å². The number of imidazole rings is 1. The molecule has 0 unspecified atom stereocenters. The number of aliphatic hydroxyl groups is 1. The molecular weight excluding hydrogens is 152 g/mol. The molecule has 0 saturated carbocycles. The predicted octanol–water partition coefficient (Wildman–Crippen LogP) is -3.39. The van der Waals surface area contributed by atoms with E-state index in [1.54, 1.807) is 0 Å². The van der Waals surface area contributed by atoms with Crippen LogP contribution in [0.5, 0.6) is 0 Å². The van der Waals surface area contributed by atoms with E-state index in [1.807, 2.05) is 23.9 Å². The van der Waals surface area contributed by atoms with E-state index in [1.165, 1.54) is 0 Å². The Morgan fingerprint density at radius 1 is 1.70 bits per heavy atom. The van der Waals surface area contributed by atoms with Crippen molar-refractivity contribution in [2.45, 2.75) is 13.5 Å². The van der Waals surface area contributed by atoms with Crippen molar-refractivity contribution in [3.8, 4) is 0 Å². The smallest absolute Gasteiger partial charge is 0.251 e. The Morgan fingerprint density at radius 3 is 2.80 bits per heavy atom. The number of aromatic nitrogens is 2. The van der Waals surface area contributed by atoms with Gasteiger partial charge in [-0.05, 0) is 0 Å². The monoisotopic (exact) mass is 162 g/mol. The second-order valence-corrected chi connectivity index (χ2v) is 1.96. The van der Waals surface area contributed by atoms with E-state index in [0.29, 0.717) is 6.54 Å². The van der Waals surface area contributed by atoms with Crippen molar-refractivity contribution in [3.05, 3.63) is 18.2 Å². The number of hydrogen-bond acceptors (Lipinski definition) is 1. The molecule has 0 spiro atoms. The molecule has 10 heavy (non-hydrogen) atoms. The lowest BCUT2D eigenvalue weighted by Crippen LogP contribution is -3.00. The minimum Gasteiger partial charge on any atom is -1.00 e. The van der Waals surface area contributed by atoms with Gasteiger partial charge >= 0.3 is 0 Å². The molecule has 0 saturated heterocycles. The minimum absolute atomic E-state index is 0. The van der Waals surface area contributed by atoms with E-state index in [4.69, 9.17) is 5.11 Å². The Bertz CT molecular complexity index is 188. The van der Waals surface area contributed by atoms with Crippen molar-refractivity contribution >= 4 is 0 Å². The second kappa shape index (κ2) is 4.30. The maximum absolute atomic E-state index is 8.53. The van der Waals surface area contributed by atoms with Crippen LogP contribution < -0.4 is 17.0 Å². The Balaban J connectivity index is 0.000000810. The van der Waals surface area contributed by atoms with Gasteiger partial charge in [-0.2, -0.15) is 0 Å². The molecule has 0 aromatic carbocycles. The van der Waals surface area contributed by atoms with Gasteiger partial charge in [-0.3, -0.25) is 0 Å². The quantitative estimate of drug-likeness (QED) is 0.438. The number of aromatic amines is 1. The lowest BCUT2D eigenvalue weighted by Gasteiger charge is -1.90. The Morgan fingerprint density at radius 2 is 2.40 bits per heavy atom.